The minimum atomic E-state index is -0.295. The van der Waals surface area contributed by atoms with Crippen molar-refractivity contribution in [2.75, 3.05) is 12.9 Å². The largest absolute Gasteiger partial charge is 0.497 e. The van der Waals surface area contributed by atoms with Crippen LogP contribution in [0.25, 0.3) is 0 Å². The van der Waals surface area contributed by atoms with Crippen molar-refractivity contribution in [1.29, 1.82) is 0 Å². The fourth-order valence-corrected chi connectivity index (χ4v) is 3.45. The van der Waals surface area contributed by atoms with Gasteiger partial charge in [-0.1, -0.05) is 34.1 Å². The number of benzene rings is 2. The Balaban J connectivity index is 1.75. The van der Waals surface area contributed by atoms with E-state index in [9.17, 15) is 5.11 Å². The van der Waals surface area contributed by atoms with Crippen molar-refractivity contribution in [3.8, 4) is 5.75 Å². The van der Waals surface area contributed by atoms with Gasteiger partial charge in [0.2, 0.25) is 0 Å². The van der Waals surface area contributed by atoms with Gasteiger partial charge in [-0.15, -0.1) is 11.8 Å². The predicted octanol–water partition coefficient (Wildman–Crippen LogP) is 4.54. The first-order chi connectivity index (χ1) is 10.2. The average molecular weight is 367 g/mol. The maximum absolute atomic E-state index is 10.1. The van der Waals surface area contributed by atoms with Crippen LogP contribution in [0.4, 0.5) is 0 Å². The van der Waals surface area contributed by atoms with Crippen molar-refractivity contribution >= 4 is 27.7 Å². The zero-order valence-electron chi connectivity index (χ0n) is 12.0. The van der Waals surface area contributed by atoms with Crippen LogP contribution in [-0.2, 0) is 6.42 Å². The molecule has 2 rings (SSSR count). The van der Waals surface area contributed by atoms with E-state index in [0.29, 0.717) is 5.75 Å². The summed E-state index contributed by atoms with van der Waals surface area (Å²) in [6.07, 6.45) is 1.36. The quantitative estimate of drug-likeness (QED) is 0.729. The molecular weight excluding hydrogens is 348 g/mol. The second kappa shape index (κ2) is 8.47. The summed E-state index contributed by atoms with van der Waals surface area (Å²) in [5, 5.41) is 10.1. The monoisotopic (exact) mass is 366 g/mol. The lowest BCUT2D eigenvalue weighted by atomic mass is 10.1. The third-order valence-corrected chi connectivity index (χ3v) is 4.80. The summed E-state index contributed by atoms with van der Waals surface area (Å²) in [5.41, 5.74) is 1.22. The molecule has 0 amide bonds. The molecule has 0 radical (unpaired) electrons. The summed E-state index contributed by atoms with van der Waals surface area (Å²) in [4.78, 5) is 1.17. The molecular formula is C17H19BrO2S. The number of halogens is 1. The number of hydrogen-bond acceptors (Lipinski definition) is 3. The molecule has 0 aromatic heterocycles. The van der Waals surface area contributed by atoms with Gasteiger partial charge in [-0.3, -0.25) is 0 Å². The molecule has 0 aliphatic rings. The molecule has 2 aromatic carbocycles. The second-order valence-electron chi connectivity index (χ2n) is 4.81. The van der Waals surface area contributed by atoms with E-state index in [1.54, 1.807) is 18.9 Å². The third kappa shape index (κ3) is 5.73. The molecule has 1 N–H and O–H groups in total. The van der Waals surface area contributed by atoms with Gasteiger partial charge >= 0.3 is 0 Å². The fourth-order valence-electron chi connectivity index (χ4n) is 1.96. The number of thioether (sulfide) groups is 1. The molecule has 2 nitrogen and oxygen atoms in total. The molecule has 0 saturated carbocycles. The lowest BCUT2D eigenvalue weighted by Gasteiger charge is -2.10. The number of rotatable bonds is 7. The molecule has 0 aliphatic heterocycles. The van der Waals surface area contributed by atoms with Crippen LogP contribution in [0.15, 0.2) is 57.9 Å². The minimum absolute atomic E-state index is 0.295. The SMILES string of the molecule is COc1ccc(CCC(O)CSc2cccc(Br)c2)cc1. The Bertz CT molecular complexity index is 557. The van der Waals surface area contributed by atoms with E-state index >= 15 is 0 Å². The van der Waals surface area contributed by atoms with Crippen molar-refractivity contribution in [2.45, 2.75) is 23.8 Å². The molecule has 2 aromatic rings. The summed E-state index contributed by atoms with van der Waals surface area (Å²) in [7, 11) is 1.66. The highest BCUT2D eigenvalue weighted by molar-refractivity contribution is 9.10. The van der Waals surface area contributed by atoms with Crippen molar-refractivity contribution in [1.82, 2.24) is 0 Å². The molecule has 1 unspecified atom stereocenters. The summed E-state index contributed by atoms with van der Waals surface area (Å²) in [5.74, 6) is 1.58. The number of aryl methyl sites for hydroxylation is 1. The Morgan fingerprint density at radius 3 is 2.62 bits per heavy atom. The van der Waals surface area contributed by atoms with Crippen LogP contribution in [0.3, 0.4) is 0 Å². The average Bonchev–Trinajstić information content (AvgIpc) is 2.51. The normalized spacial score (nSPS) is 12.1. The number of aliphatic hydroxyl groups excluding tert-OH is 1. The second-order valence-corrected chi connectivity index (χ2v) is 6.82. The summed E-state index contributed by atoms with van der Waals surface area (Å²) in [6, 6.07) is 16.2. The summed E-state index contributed by atoms with van der Waals surface area (Å²) >= 11 is 5.14. The number of methoxy groups -OCH3 is 1. The Morgan fingerprint density at radius 1 is 1.19 bits per heavy atom. The highest BCUT2D eigenvalue weighted by Gasteiger charge is 2.06. The Hall–Kier alpha value is -0.970. The van der Waals surface area contributed by atoms with Gasteiger partial charge < -0.3 is 9.84 Å². The van der Waals surface area contributed by atoms with Gasteiger partial charge in [0, 0.05) is 15.1 Å². The number of hydrogen-bond donors (Lipinski definition) is 1. The van der Waals surface area contributed by atoms with Crippen LogP contribution >= 0.6 is 27.7 Å². The standard InChI is InChI=1S/C17H19BrO2S/c1-20-16-9-6-13(7-10-16)5-8-15(19)12-21-17-4-2-3-14(18)11-17/h2-4,6-7,9-11,15,19H,5,8,12H2,1H3. The zero-order valence-corrected chi connectivity index (χ0v) is 14.4. The van der Waals surface area contributed by atoms with Gasteiger partial charge in [0.1, 0.15) is 5.75 Å². The van der Waals surface area contributed by atoms with Crippen molar-refractivity contribution in [3.63, 3.8) is 0 Å². The highest BCUT2D eigenvalue weighted by atomic mass is 79.9. The molecule has 112 valence electrons. The first-order valence-corrected chi connectivity index (χ1v) is 8.64. The molecule has 0 heterocycles. The topological polar surface area (TPSA) is 29.5 Å². The molecule has 1 atom stereocenters. The van der Waals surface area contributed by atoms with Crippen LogP contribution in [-0.4, -0.2) is 24.1 Å². The van der Waals surface area contributed by atoms with E-state index in [0.717, 1.165) is 23.1 Å². The molecule has 0 spiro atoms. The van der Waals surface area contributed by atoms with Crippen LogP contribution in [0.2, 0.25) is 0 Å². The number of ether oxygens (including phenoxy) is 1. The van der Waals surface area contributed by atoms with Crippen LogP contribution in [0.1, 0.15) is 12.0 Å². The van der Waals surface area contributed by atoms with Crippen LogP contribution in [0.5, 0.6) is 5.75 Å². The van der Waals surface area contributed by atoms with E-state index < -0.39 is 0 Å². The maximum Gasteiger partial charge on any atom is 0.118 e. The minimum Gasteiger partial charge on any atom is -0.497 e. The van der Waals surface area contributed by atoms with Crippen molar-refractivity contribution < 1.29 is 9.84 Å². The summed E-state index contributed by atoms with van der Waals surface area (Å²) < 4.78 is 6.21. The molecule has 4 heteroatoms. The van der Waals surface area contributed by atoms with Crippen molar-refractivity contribution in [3.05, 3.63) is 58.6 Å². The van der Waals surface area contributed by atoms with Gasteiger partial charge in [-0.05, 0) is 48.7 Å². The smallest absolute Gasteiger partial charge is 0.118 e. The molecule has 21 heavy (non-hydrogen) atoms. The van der Waals surface area contributed by atoms with Crippen molar-refractivity contribution in [2.24, 2.45) is 0 Å². The fraction of sp³-hybridized carbons (Fsp3) is 0.294. The highest BCUT2D eigenvalue weighted by Crippen LogP contribution is 2.23. The van der Waals surface area contributed by atoms with Crippen LogP contribution < -0.4 is 4.74 Å². The lowest BCUT2D eigenvalue weighted by molar-refractivity contribution is 0.189. The Morgan fingerprint density at radius 2 is 1.95 bits per heavy atom. The van der Waals surface area contributed by atoms with E-state index in [2.05, 4.69) is 28.1 Å². The van der Waals surface area contributed by atoms with Gasteiger partial charge in [0.25, 0.3) is 0 Å². The molecule has 0 fully saturated rings. The van der Waals surface area contributed by atoms with Gasteiger partial charge in [-0.25, -0.2) is 0 Å². The molecule has 0 saturated heterocycles. The zero-order chi connectivity index (χ0) is 15.1. The first-order valence-electron chi connectivity index (χ1n) is 6.87. The predicted molar refractivity (Wildman–Crippen MR) is 92.2 cm³/mol. The first kappa shape index (κ1) is 16.4. The Kier molecular flexibility index (Phi) is 6.61. The lowest BCUT2D eigenvalue weighted by Crippen LogP contribution is -2.11. The maximum atomic E-state index is 10.1. The van der Waals surface area contributed by atoms with E-state index in [-0.39, 0.29) is 6.10 Å². The third-order valence-electron chi connectivity index (χ3n) is 3.16. The van der Waals surface area contributed by atoms with Crippen LogP contribution in [0, 0.1) is 0 Å². The van der Waals surface area contributed by atoms with Gasteiger partial charge in [0.15, 0.2) is 0 Å². The van der Waals surface area contributed by atoms with E-state index in [1.165, 1.54) is 10.5 Å². The van der Waals surface area contributed by atoms with E-state index in [4.69, 9.17) is 4.74 Å². The van der Waals surface area contributed by atoms with Gasteiger partial charge in [0.05, 0.1) is 13.2 Å². The van der Waals surface area contributed by atoms with Gasteiger partial charge in [-0.2, -0.15) is 0 Å². The Labute approximate surface area is 138 Å². The number of aliphatic hydroxyl groups is 1. The molecule has 0 bridgehead atoms. The van der Waals surface area contributed by atoms with E-state index in [1.807, 2.05) is 36.4 Å². The molecule has 0 aliphatic carbocycles. The summed E-state index contributed by atoms with van der Waals surface area (Å²) in [6.45, 7) is 0.